The molecular formula is C9H15NO3S. The van der Waals surface area contributed by atoms with E-state index >= 15 is 0 Å². The highest BCUT2D eigenvalue weighted by molar-refractivity contribution is 7.91. The second-order valence-corrected chi connectivity index (χ2v) is 6.52. The molecule has 0 bridgehead atoms. The first-order valence-electron chi connectivity index (χ1n) is 5.05. The molecule has 1 N–H and O–H groups in total. The summed E-state index contributed by atoms with van der Waals surface area (Å²) in [6, 6.07) is 0. The number of rotatable bonds is 3. The number of hydrogen-bond acceptors (Lipinski definition) is 3. The smallest absolute Gasteiger partial charge is 0.223 e. The van der Waals surface area contributed by atoms with Crippen molar-refractivity contribution in [2.45, 2.75) is 19.3 Å². The Labute approximate surface area is 84.0 Å². The summed E-state index contributed by atoms with van der Waals surface area (Å²) in [5, 5.41) is 2.82. The first-order valence-corrected chi connectivity index (χ1v) is 6.87. The van der Waals surface area contributed by atoms with Gasteiger partial charge in [0.2, 0.25) is 5.91 Å². The van der Waals surface area contributed by atoms with E-state index in [2.05, 4.69) is 5.32 Å². The van der Waals surface area contributed by atoms with Gasteiger partial charge >= 0.3 is 0 Å². The van der Waals surface area contributed by atoms with Crippen LogP contribution in [0.5, 0.6) is 0 Å². The van der Waals surface area contributed by atoms with Crippen molar-refractivity contribution in [3.05, 3.63) is 0 Å². The van der Waals surface area contributed by atoms with Crippen LogP contribution in [0, 0.1) is 11.8 Å². The van der Waals surface area contributed by atoms with Gasteiger partial charge in [-0.05, 0) is 25.2 Å². The Bertz CT molecular complexity index is 332. The first-order chi connectivity index (χ1) is 6.57. The summed E-state index contributed by atoms with van der Waals surface area (Å²) < 4.78 is 22.2. The van der Waals surface area contributed by atoms with Crippen LogP contribution in [0.2, 0.25) is 0 Å². The Kier molecular flexibility index (Phi) is 2.51. The Morgan fingerprint density at radius 2 is 2.00 bits per heavy atom. The van der Waals surface area contributed by atoms with Gasteiger partial charge in [-0.3, -0.25) is 4.79 Å². The summed E-state index contributed by atoms with van der Waals surface area (Å²) in [5.74, 6) is 1.000. The molecule has 14 heavy (non-hydrogen) atoms. The molecule has 0 aromatic heterocycles. The first kappa shape index (κ1) is 9.96. The monoisotopic (exact) mass is 217 g/mol. The summed E-state index contributed by atoms with van der Waals surface area (Å²) in [5.41, 5.74) is 0. The summed E-state index contributed by atoms with van der Waals surface area (Å²) in [4.78, 5) is 11.3. The molecule has 1 amide bonds. The molecule has 2 fully saturated rings. The predicted octanol–water partition coefficient (Wildman–Crippen LogP) is -0.0527. The molecule has 80 valence electrons. The molecule has 1 unspecified atom stereocenters. The van der Waals surface area contributed by atoms with Gasteiger partial charge in [0.1, 0.15) is 0 Å². The maximum absolute atomic E-state index is 11.3. The Morgan fingerprint density at radius 1 is 1.29 bits per heavy atom. The second kappa shape index (κ2) is 3.53. The van der Waals surface area contributed by atoms with Gasteiger partial charge < -0.3 is 5.32 Å². The molecule has 1 atom stereocenters. The van der Waals surface area contributed by atoms with E-state index in [0.717, 1.165) is 12.8 Å². The highest BCUT2D eigenvalue weighted by Gasteiger charge is 2.32. The van der Waals surface area contributed by atoms with Crippen molar-refractivity contribution < 1.29 is 13.2 Å². The summed E-state index contributed by atoms with van der Waals surface area (Å²) in [6.45, 7) is 0.536. The Morgan fingerprint density at radius 3 is 2.50 bits per heavy atom. The van der Waals surface area contributed by atoms with Crippen molar-refractivity contribution in [3.8, 4) is 0 Å². The van der Waals surface area contributed by atoms with Crippen LogP contribution in [-0.4, -0.2) is 32.4 Å². The number of nitrogens with one attached hydrogen (secondary N) is 1. The molecule has 1 aliphatic carbocycles. The fourth-order valence-electron chi connectivity index (χ4n) is 1.77. The lowest BCUT2D eigenvalue weighted by atomic mass is 10.1. The molecule has 2 rings (SSSR count). The molecule has 0 radical (unpaired) electrons. The van der Waals surface area contributed by atoms with Gasteiger partial charge in [-0.1, -0.05) is 0 Å². The third kappa shape index (κ3) is 2.47. The van der Waals surface area contributed by atoms with E-state index in [-0.39, 0.29) is 29.2 Å². The molecule has 1 saturated carbocycles. The lowest BCUT2D eigenvalue weighted by molar-refractivity contribution is -0.122. The molecule has 0 aromatic carbocycles. The molecule has 1 heterocycles. The summed E-state index contributed by atoms with van der Waals surface area (Å²) in [7, 11) is -2.80. The quantitative estimate of drug-likeness (QED) is 0.720. The van der Waals surface area contributed by atoms with E-state index < -0.39 is 9.84 Å². The minimum atomic E-state index is -2.80. The van der Waals surface area contributed by atoms with Crippen LogP contribution < -0.4 is 5.32 Å². The topological polar surface area (TPSA) is 63.2 Å². The van der Waals surface area contributed by atoms with Gasteiger partial charge in [0, 0.05) is 12.5 Å². The van der Waals surface area contributed by atoms with Crippen LogP contribution in [0.25, 0.3) is 0 Å². The van der Waals surface area contributed by atoms with Crippen molar-refractivity contribution in [1.29, 1.82) is 0 Å². The van der Waals surface area contributed by atoms with Crippen LogP contribution in [0.1, 0.15) is 19.3 Å². The third-order valence-corrected chi connectivity index (χ3v) is 4.68. The minimum Gasteiger partial charge on any atom is -0.356 e. The van der Waals surface area contributed by atoms with Gasteiger partial charge in [0.05, 0.1) is 11.5 Å². The van der Waals surface area contributed by atoms with Crippen molar-refractivity contribution in [3.63, 3.8) is 0 Å². The van der Waals surface area contributed by atoms with Gasteiger partial charge in [-0.2, -0.15) is 0 Å². The number of carbonyl (C=O) groups excluding carboxylic acids is 1. The van der Waals surface area contributed by atoms with Crippen LogP contribution >= 0.6 is 0 Å². The lowest BCUT2D eigenvalue weighted by Crippen LogP contribution is -2.30. The van der Waals surface area contributed by atoms with Gasteiger partial charge in [0.15, 0.2) is 9.84 Å². The molecule has 1 saturated heterocycles. The molecule has 4 nitrogen and oxygen atoms in total. The SMILES string of the molecule is O=C(NCC1CCS(=O)(=O)C1)C1CC1. The Balaban J connectivity index is 1.74. The average molecular weight is 217 g/mol. The minimum absolute atomic E-state index is 0.106. The highest BCUT2D eigenvalue weighted by Crippen LogP contribution is 2.29. The number of carbonyl (C=O) groups is 1. The zero-order valence-electron chi connectivity index (χ0n) is 8.03. The molecule has 2 aliphatic rings. The molecule has 5 heteroatoms. The summed E-state index contributed by atoms with van der Waals surface area (Å²) in [6.07, 6.45) is 2.69. The molecule has 1 aliphatic heterocycles. The van der Waals surface area contributed by atoms with E-state index in [1.165, 1.54) is 0 Å². The van der Waals surface area contributed by atoms with Crippen LogP contribution in [-0.2, 0) is 14.6 Å². The predicted molar refractivity (Wildman–Crippen MR) is 52.5 cm³/mol. The van der Waals surface area contributed by atoms with Gasteiger partial charge in [0.25, 0.3) is 0 Å². The standard InChI is InChI=1S/C9H15NO3S/c11-9(8-1-2-8)10-5-7-3-4-14(12,13)6-7/h7-8H,1-6H2,(H,10,11). The van der Waals surface area contributed by atoms with E-state index in [1.807, 2.05) is 0 Å². The molecule has 0 aromatic rings. The maximum Gasteiger partial charge on any atom is 0.223 e. The number of amides is 1. The second-order valence-electron chi connectivity index (χ2n) is 4.29. The summed E-state index contributed by atoms with van der Waals surface area (Å²) >= 11 is 0. The van der Waals surface area contributed by atoms with Gasteiger partial charge in [-0.25, -0.2) is 8.42 Å². The van der Waals surface area contributed by atoms with E-state index in [1.54, 1.807) is 0 Å². The van der Waals surface area contributed by atoms with E-state index in [0.29, 0.717) is 13.0 Å². The zero-order valence-corrected chi connectivity index (χ0v) is 8.85. The van der Waals surface area contributed by atoms with E-state index in [9.17, 15) is 13.2 Å². The van der Waals surface area contributed by atoms with Crippen molar-refractivity contribution >= 4 is 15.7 Å². The van der Waals surface area contributed by atoms with Crippen molar-refractivity contribution in [2.75, 3.05) is 18.1 Å². The molecular weight excluding hydrogens is 202 g/mol. The normalized spacial score (nSPS) is 30.1. The number of hydrogen-bond donors (Lipinski definition) is 1. The van der Waals surface area contributed by atoms with E-state index in [4.69, 9.17) is 0 Å². The third-order valence-electron chi connectivity index (χ3n) is 2.84. The van der Waals surface area contributed by atoms with Crippen LogP contribution in [0.4, 0.5) is 0 Å². The highest BCUT2D eigenvalue weighted by atomic mass is 32.2. The lowest BCUT2D eigenvalue weighted by Gasteiger charge is -2.08. The maximum atomic E-state index is 11.3. The van der Waals surface area contributed by atoms with Crippen LogP contribution in [0.15, 0.2) is 0 Å². The average Bonchev–Trinajstić information content (AvgIpc) is 2.88. The fourth-order valence-corrected chi connectivity index (χ4v) is 3.63. The number of sulfone groups is 1. The zero-order chi connectivity index (χ0) is 10.2. The van der Waals surface area contributed by atoms with Crippen LogP contribution in [0.3, 0.4) is 0 Å². The fraction of sp³-hybridized carbons (Fsp3) is 0.889. The van der Waals surface area contributed by atoms with Gasteiger partial charge in [-0.15, -0.1) is 0 Å². The molecule has 0 spiro atoms. The van der Waals surface area contributed by atoms with Crippen molar-refractivity contribution in [2.24, 2.45) is 11.8 Å². The Hall–Kier alpha value is -0.580. The van der Waals surface area contributed by atoms with Crippen molar-refractivity contribution in [1.82, 2.24) is 5.32 Å². The largest absolute Gasteiger partial charge is 0.356 e.